The maximum Gasteiger partial charge on any atom is 0.325 e. The van der Waals surface area contributed by atoms with Gasteiger partial charge in [-0.15, -0.1) is 0 Å². The lowest BCUT2D eigenvalue weighted by molar-refractivity contribution is -0.148. The molecule has 0 aliphatic heterocycles. The lowest BCUT2D eigenvalue weighted by Crippen LogP contribution is -2.36. The summed E-state index contributed by atoms with van der Waals surface area (Å²) in [5.41, 5.74) is 0. The Morgan fingerprint density at radius 1 is 1.25 bits per heavy atom. The molecule has 0 atom stereocenters. The second kappa shape index (κ2) is 9.15. The van der Waals surface area contributed by atoms with Crippen molar-refractivity contribution in [3.05, 3.63) is 0 Å². The molecule has 0 aromatic heterocycles. The van der Waals surface area contributed by atoms with Gasteiger partial charge in [-0.25, -0.2) is 0 Å². The first-order valence-electron chi connectivity index (χ1n) is 5.69. The normalized spacial score (nSPS) is 9.94. The molecule has 0 saturated heterocycles. The third-order valence-corrected chi connectivity index (χ3v) is 2.16. The number of hydrogen-bond donors (Lipinski definition) is 1. The van der Waals surface area contributed by atoms with Gasteiger partial charge < -0.3 is 14.7 Å². The van der Waals surface area contributed by atoms with E-state index in [2.05, 4.69) is 0 Å². The van der Waals surface area contributed by atoms with Gasteiger partial charge in [0.05, 0.1) is 6.61 Å². The van der Waals surface area contributed by atoms with Crippen molar-refractivity contribution in [3.8, 4) is 0 Å². The van der Waals surface area contributed by atoms with Gasteiger partial charge in [0, 0.05) is 19.6 Å². The Labute approximate surface area is 96.4 Å². The van der Waals surface area contributed by atoms with E-state index in [4.69, 9.17) is 9.84 Å². The van der Waals surface area contributed by atoms with Crippen LogP contribution in [0.15, 0.2) is 0 Å². The predicted molar refractivity (Wildman–Crippen MR) is 59.8 cm³/mol. The number of carbonyl (C=O) groups excluding carboxylic acids is 2. The van der Waals surface area contributed by atoms with Gasteiger partial charge in [-0.05, 0) is 26.7 Å². The summed E-state index contributed by atoms with van der Waals surface area (Å²) in [7, 11) is 0. The number of ether oxygens (including phenoxy) is 1. The summed E-state index contributed by atoms with van der Waals surface area (Å²) >= 11 is 0. The third kappa shape index (κ3) is 6.40. The largest absolute Gasteiger partial charge is 0.465 e. The fourth-order valence-electron chi connectivity index (χ4n) is 1.28. The second-order valence-electron chi connectivity index (χ2n) is 3.39. The standard InChI is InChI=1S/C11H21NO4/c1-3-12(9-11(15)16-4-2)10(14)7-5-6-8-13/h13H,3-9H2,1-2H3. The SMILES string of the molecule is CCOC(=O)CN(CC)C(=O)CCCCO. The molecule has 0 aliphatic rings. The average Bonchev–Trinajstić information content (AvgIpc) is 2.26. The van der Waals surface area contributed by atoms with Crippen molar-refractivity contribution in [1.29, 1.82) is 0 Å². The molecular formula is C11H21NO4. The Hall–Kier alpha value is -1.10. The van der Waals surface area contributed by atoms with E-state index in [0.29, 0.717) is 32.4 Å². The number of amides is 1. The van der Waals surface area contributed by atoms with Crippen molar-refractivity contribution in [2.75, 3.05) is 26.3 Å². The first-order valence-corrected chi connectivity index (χ1v) is 5.69. The van der Waals surface area contributed by atoms with Crippen LogP contribution < -0.4 is 0 Å². The van der Waals surface area contributed by atoms with Crippen molar-refractivity contribution >= 4 is 11.9 Å². The minimum atomic E-state index is -0.375. The molecule has 0 radical (unpaired) electrons. The molecule has 0 bridgehead atoms. The molecule has 1 N–H and O–H groups in total. The lowest BCUT2D eigenvalue weighted by Gasteiger charge is -2.19. The molecule has 0 spiro atoms. The van der Waals surface area contributed by atoms with Crippen LogP contribution in [0.25, 0.3) is 0 Å². The number of aliphatic hydroxyl groups excluding tert-OH is 1. The molecule has 16 heavy (non-hydrogen) atoms. The van der Waals surface area contributed by atoms with E-state index in [1.165, 1.54) is 4.90 Å². The molecule has 0 fully saturated rings. The van der Waals surface area contributed by atoms with E-state index in [1.54, 1.807) is 6.92 Å². The van der Waals surface area contributed by atoms with E-state index >= 15 is 0 Å². The molecule has 0 saturated carbocycles. The van der Waals surface area contributed by atoms with Crippen LogP contribution in [-0.2, 0) is 14.3 Å². The minimum absolute atomic E-state index is 0.0162. The van der Waals surface area contributed by atoms with Gasteiger partial charge in [-0.2, -0.15) is 0 Å². The molecule has 5 nitrogen and oxygen atoms in total. The summed E-state index contributed by atoms with van der Waals surface area (Å²) in [4.78, 5) is 24.3. The van der Waals surface area contributed by atoms with Crippen LogP contribution in [-0.4, -0.2) is 48.2 Å². The predicted octanol–water partition coefficient (Wildman–Crippen LogP) is 0.561. The van der Waals surface area contributed by atoms with Crippen molar-refractivity contribution < 1.29 is 19.4 Å². The second-order valence-corrected chi connectivity index (χ2v) is 3.39. The van der Waals surface area contributed by atoms with Crippen LogP contribution >= 0.6 is 0 Å². The first kappa shape index (κ1) is 14.9. The van der Waals surface area contributed by atoms with Gasteiger partial charge in [0.2, 0.25) is 5.91 Å². The van der Waals surface area contributed by atoms with Crippen molar-refractivity contribution in [2.24, 2.45) is 0 Å². The number of likely N-dealkylation sites (N-methyl/N-ethyl adjacent to an activating group) is 1. The zero-order chi connectivity index (χ0) is 12.4. The summed E-state index contributed by atoms with van der Waals surface area (Å²) in [6.45, 7) is 4.49. The van der Waals surface area contributed by atoms with Gasteiger partial charge in [0.1, 0.15) is 6.54 Å². The zero-order valence-electron chi connectivity index (χ0n) is 10.1. The smallest absolute Gasteiger partial charge is 0.325 e. The van der Waals surface area contributed by atoms with Crippen LogP contribution in [0.3, 0.4) is 0 Å². The van der Waals surface area contributed by atoms with Gasteiger partial charge in [0.25, 0.3) is 0 Å². The van der Waals surface area contributed by atoms with E-state index in [-0.39, 0.29) is 25.0 Å². The molecular weight excluding hydrogens is 210 g/mol. The quantitative estimate of drug-likeness (QED) is 0.489. The summed E-state index contributed by atoms with van der Waals surface area (Å²) in [6.07, 6.45) is 1.63. The van der Waals surface area contributed by atoms with Crippen molar-refractivity contribution in [1.82, 2.24) is 4.90 Å². The van der Waals surface area contributed by atoms with E-state index in [0.717, 1.165) is 0 Å². The Morgan fingerprint density at radius 2 is 1.94 bits per heavy atom. The number of esters is 1. The number of aliphatic hydroxyl groups is 1. The number of nitrogens with zero attached hydrogens (tertiary/aromatic N) is 1. The molecule has 0 aliphatic carbocycles. The molecule has 0 heterocycles. The summed E-state index contributed by atoms with van der Waals surface area (Å²) < 4.78 is 4.78. The highest BCUT2D eigenvalue weighted by atomic mass is 16.5. The summed E-state index contributed by atoms with van der Waals surface area (Å²) in [6, 6.07) is 0. The topological polar surface area (TPSA) is 66.8 Å². The first-order chi connectivity index (χ1) is 7.65. The fraction of sp³-hybridized carbons (Fsp3) is 0.818. The Bertz CT molecular complexity index is 218. The van der Waals surface area contributed by atoms with Crippen LogP contribution in [0.5, 0.6) is 0 Å². The Morgan fingerprint density at radius 3 is 2.44 bits per heavy atom. The molecule has 1 amide bonds. The van der Waals surface area contributed by atoms with Crippen LogP contribution in [0, 0.1) is 0 Å². The van der Waals surface area contributed by atoms with Gasteiger partial charge in [-0.1, -0.05) is 0 Å². The third-order valence-electron chi connectivity index (χ3n) is 2.16. The maximum absolute atomic E-state index is 11.6. The lowest BCUT2D eigenvalue weighted by atomic mass is 10.2. The van der Waals surface area contributed by atoms with E-state index < -0.39 is 0 Å². The molecule has 0 aromatic carbocycles. The van der Waals surface area contributed by atoms with Gasteiger partial charge in [0.15, 0.2) is 0 Å². The monoisotopic (exact) mass is 231 g/mol. The highest BCUT2D eigenvalue weighted by Gasteiger charge is 2.15. The van der Waals surface area contributed by atoms with E-state index in [9.17, 15) is 9.59 Å². The average molecular weight is 231 g/mol. The minimum Gasteiger partial charge on any atom is -0.465 e. The molecule has 94 valence electrons. The summed E-state index contributed by atoms with van der Waals surface area (Å²) in [5.74, 6) is -0.441. The molecule has 0 aromatic rings. The highest BCUT2D eigenvalue weighted by molar-refractivity contribution is 5.82. The molecule has 0 rings (SSSR count). The maximum atomic E-state index is 11.6. The number of hydrogen-bond acceptors (Lipinski definition) is 4. The zero-order valence-corrected chi connectivity index (χ0v) is 10.1. The van der Waals surface area contributed by atoms with Crippen molar-refractivity contribution in [3.63, 3.8) is 0 Å². The fourth-order valence-corrected chi connectivity index (χ4v) is 1.28. The van der Waals surface area contributed by atoms with Crippen LogP contribution in [0.1, 0.15) is 33.1 Å². The number of unbranched alkanes of at least 4 members (excludes halogenated alkanes) is 1. The van der Waals surface area contributed by atoms with E-state index in [1.807, 2.05) is 6.92 Å². The number of carbonyl (C=O) groups is 2. The highest BCUT2D eigenvalue weighted by Crippen LogP contribution is 2.01. The van der Waals surface area contributed by atoms with Gasteiger partial charge in [-0.3, -0.25) is 9.59 Å². The Balaban J connectivity index is 3.96. The van der Waals surface area contributed by atoms with Crippen LogP contribution in [0.4, 0.5) is 0 Å². The van der Waals surface area contributed by atoms with Crippen molar-refractivity contribution in [2.45, 2.75) is 33.1 Å². The molecule has 5 heteroatoms. The number of rotatable bonds is 8. The summed E-state index contributed by atoms with van der Waals surface area (Å²) in [5, 5.41) is 8.59. The Kier molecular flexibility index (Phi) is 8.52. The molecule has 0 unspecified atom stereocenters. The van der Waals surface area contributed by atoms with Gasteiger partial charge >= 0.3 is 5.97 Å². The van der Waals surface area contributed by atoms with Crippen LogP contribution in [0.2, 0.25) is 0 Å².